The summed E-state index contributed by atoms with van der Waals surface area (Å²) < 4.78 is 0. The maximum Gasteiger partial charge on any atom is 0.258 e. The Morgan fingerprint density at radius 1 is 0.852 bits per heavy atom. The number of hydrogen-bond donors (Lipinski definition) is 1. The first-order valence-corrected chi connectivity index (χ1v) is 9.01. The quantitative estimate of drug-likeness (QED) is 0.658. The Morgan fingerprint density at radius 2 is 1.44 bits per heavy atom. The molecule has 0 fully saturated rings. The molecular formula is C22H19ClN2O2. The summed E-state index contributed by atoms with van der Waals surface area (Å²) in [6, 6.07) is 23.1. The fourth-order valence-electron chi connectivity index (χ4n) is 2.73. The molecule has 136 valence electrons. The van der Waals surface area contributed by atoms with Crippen LogP contribution in [0.2, 0.25) is 5.02 Å². The molecule has 1 N–H and O–H groups in total. The number of para-hydroxylation sites is 2. The van der Waals surface area contributed by atoms with Crippen molar-refractivity contribution in [1.82, 2.24) is 0 Å². The fourth-order valence-corrected chi connectivity index (χ4v) is 2.91. The Morgan fingerprint density at radius 3 is 2.07 bits per heavy atom. The Bertz CT molecular complexity index is 940. The van der Waals surface area contributed by atoms with Gasteiger partial charge in [-0.2, -0.15) is 0 Å². The first-order chi connectivity index (χ1) is 13.1. The van der Waals surface area contributed by atoms with Gasteiger partial charge in [-0.25, -0.2) is 0 Å². The second-order valence-corrected chi connectivity index (χ2v) is 6.30. The summed E-state index contributed by atoms with van der Waals surface area (Å²) in [4.78, 5) is 26.9. The van der Waals surface area contributed by atoms with E-state index >= 15 is 0 Å². The van der Waals surface area contributed by atoms with Crippen LogP contribution < -0.4 is 10.2 Å². The van der Waals surface area contributed by atoms with Gasteiger partial charge in [0.2, 0.25) is 0 Å². The second-order valence-electron chi connectivity index (χ2n) is 5.90. The summed E-state index contributed by atoms with van der Waals surface area (Å²) in [5.41, 5.74) is 2.36. The number of carbonyl (C=O) groups is 2. The molecule has 0 aromatic heterocycles. The highest BCUT2D eigenvalue weighted by molar-refractivity contribution is 6.33. The minimum absolute atomic E-state index is 0.109. The molecule has 0 aliphatic heterocycles. The van der Waals surface area contributed by atoms with Gasteiger partial charge in [-0.05, 0) is 55.5 Å². The lowest BCUT2D eigenvalue weighted by Gasteiger charge is -2.21. The van der Waals surface area contributed by atoms with Gasteiger partial charge in [0.15, 0.2) is 0 Å². The van der Waals surface area contributed by atoms with Gasteiger partial charge in [0, 0.05) is 23.4 Å². The molecule has 0 radical (unpaired) electrons. The normalized spacial score (nSPS) is 10.3. The summed E-state index contributed by atoms with van der Waals surface area (Å²) >= 11 is 6.07. The molecule has 0 saturated carbocycles. The molecule has 4 nitrogen and oxygen atoms in total. The third-order valence-corrected chi connectivity index (χ3v) is 4.47. The number of anilines is 2. The van der Waals surface area contributed by atoms with Crippen molar-refractivity contribution in [3.8, 4) is 0 Å². The van der Waals surface area contributed by atoms with Crippen LogP contribution in [-0.2, 0) is 0 Å². The van der Waals surface area contributed by atoms with Crippen molar-refractivity contribution in [2.75, 3.05) is 16.8 Å². The molecular weight excluding hydrogens is 360 g/mol. The minimum atomic E-state index is -0.280. The van der Waals surface area contributed by atoms with E-state index in [1.807, 2.05) is 37.3 Å². The van der Waals surface area contributed by atoms with E-state index in [1.54, 1.807) is 53.4 Å². The van der Waals surface area contributed by atoms with Gasteiger partial charge in [0.05, 0.1) is 10.7 Å². The third-order valence-electron chi connectivity index (χ3n) is 4.15. The number of nitrogens with zero attached hydrogens (tertiary/aromatic N) is 1. The van der Waals surface area contributed by atoms with Crippen LogP contribution in [-0.4, -0.2) is 18.4 Å². The average molecular weight is 379 g/mol. The first-order valence-electron chi connectivity index (χ1n) is 8.63. The lowest BCUT2D eigenvalue weighted by molar-refractivity contribution is 0.0985. The zero-order valence-corrected chi connectivity index (χ0v) is 15.6. The lowest BCUT2D eigenvalue weighted by atomic mass is 10.1. The van der Waals surface area contributed by atoms with E-state index in [4.69, 9.17) is 11.6 Å². The number of nitrogens with one attached hydrogen (secondary N) is 1. The Kier molecular flexibility index (Phi) is 5.89. The zero-order chi connectivity index (χ0) is 19.2. The Hall–Kier alpha value is -3.11. The van der Waals surface area contributed by atoms with Gasteiger partial charge >= 0.3 is 0 Å². The maximum atomic E-state index is 12.8. The highest BCUT2D eigenvalue weighted by atomic mass is 35.5. The van der Waals surface area contributed by atoms with Crippen molar-refractivity contribution in [1.29, 1.82) is 0 Å². The van der Waals surface area contributed by atoms with Gasteiger partial charge < -0.3 is 10.2 Å². The van der Waals surface area contributed by atoms with Gasteiger partial charge in [0.25, 0.3) is 11.8 Å². The minimum Gasteiger partial charge on any atom is -0.321 e. The van der Waals surface area contributed by atoms with Crippen molar-refractivity contribution >= 4 is 34.8 Å². The average Bonchev–Trinajstić information content (AvgIpc) is 2.71. The van der Waals surface area contributed by atoms with Crippen LogP contribution in [0.15, 0.2) is 78.9 Å². The number of benzene rings is 3. The molecule has 27 heavy (non-hydrogen) atoms. The van der Waals surface area contributed by atoms with Crippen LogP contribution in [0.1, 0.15) is 27.6 Å². The van der Waals surface area contributed by atoms with E-state index in [0.717, 1.165) is 5.69 Å². The predicted molar refractivity (Wildman–Crippen MR) is 110 cm³/mol. The monoisotopic (exact) mass is 378 g/mol. The van der Waals surface area contributed by atoms with Crippen LogP contribution in [0, 0.1) is 0 Å². The van der Waals surface area contributed by atoms with Gasteiger partial charge in [-0.1, -0.05) is 41.9 Å². The third kappa shape index (κ3) is 4.36. The van der Waals surface area contributed by atoms with E-state index < -0.39 is 0 Å². The maximum absolute atomic E-state index is 12.8. The van der Waals surface area contributed by atoms with Crippen molar-refractivity contribution in [2.24, 2.45) is 0 Å². The Labute approximate surface area is 163 Å². The summed E-state index contributed by atoms with van der Waals surface area (Å²) in [6.07, 6.45) is 0. The van der Waals surface area contributed by atoms with Crippen molar-refractivity contribution < 1.29 is 9.59 Å². The van der Waals surface area contributed by atoms with Gasteiger partial charge in [-0.15, -0.1) is 0 Å². The van der Waals surface area contributed by atoms with E-state index in [9.17, 15) is 9.59 Å². The molecule has 0 bridgehead atoms. The highest BCUT2D eigenvalue weighted by Gasteiger charge is 2.16. The summed E-state index contributed by atoms with van der Waals surface area (Å²) in [5.74, 6) is -0.390. The number of hydrogen-bond acceptors (Lipinski definition) is 2. The molecule has 3 aromatic rings. The number of rotatable bonds is 5. The molecule has 0 aliphatic rings. The number of carbonyl (C=O) groups excluding carboxylic acids is 2. The molecule has 3 rings (SSSR count). The van der Waals surface area contributed by atoms with E-state index in [1.165, 1.54) is 0 Å². The summed E-state index contributed by atoms with van der Waals surface area (Å²) in [7, 11) is 0. The standard InChI is InChI=1S/C22H19ClN2O2/c1-2-25(18-8-4-3-5-9-18)22(27)17-14-12-16(13-15-17)21(26)24-20-11-7-6-10-19(20)23/h3-15H,2H2,1H3,(H,24,26). The van der Waals surface area contributed by atoms with E-state index in [0.29, 0.717) is 28.4 Å². The lowest BCUT2D eigenvalue weighted by Crippen LogP contribution is -2.30. The first kappa shape index (κ1) is 18.7. The fraction of sp³-hybridized carbons (Fsp3) is 0.0909. The van der Waals surface area contributed by atoms with Crippen LogP contribution in [0.25, 0.3) is 0 Å². The smallest absolute Gasteiger partial charge is 0.258 e. The van der Waals surface area contributed by atoms with Crippen molar-refractivity contribution in [3.05, 3.63) is 95.0 Å². The van der Waals surface area contributed by atoms with Crippen molar-refractivity contribution in [3.63, 3.8) is 0 Å². The molecule has 0 atom stereocenters. The van der Waals surface area contributed by atoms with Crippen LogP contribution in [0.5, 0.6) is 0 Å². The summed E-state index contributed by atoms with van der Waals surface area (Å²) in [5, 5.41) is 3.24. The SMILES string of the molecule is CCN(C(=O)c1ccc(C(=O)Nc2ccccc2Cl)cc1)c1ccccc1. The molecule has 3 aromatic carbocycles. The van der Waals surface area contributed by atoms with Gasteiger partial charge in [0.1, 0.15) is 0 Å². The van der Waals surface area contributed by atoms with E-state index in [2.05, 4.69) is 5.32 Å². The molecule has 5 heteroatoms. The molecule has 2 amide bonds. The van der Waals surface area contributed by atoms with Crippen LogP contribution >= 0.6 is 11.6 Å². The van der Waals surface area contributed by atoms with Crippen LogP contribution in [0.4, 0.5) is 11.4 Å². The molecule has 0 aliphatic carbocycles. The topological polar surface area (TPSA) is 49.4 Å². The van der Waals surface area contributed by atoms with Crippen LogP contribution in [0.3, 0.4) is 0 Å². The molecule has 0 spiro atoms. The number of amides is 2. The van der Waals surface area contributed by atoms with E-state index in [-0.39, 0.29) is 11.8 Å². The molecule has 0 saturated heterocycles. The zero-order valence-electron chi connectivity index (χ0n) is 14.9. The highest BCUT2D eigenvalue weighted by Crippen LogP contribution is 2.22. The molecule has 0 heterocycles. The number of halogens is 1. The largest absolute Gasteiger partial charge is 0.321 e. The summed E-state index contributed by atoms with van der Waals surface area (Å²) in [6.45, 7) is 2.48. The predicted octanol–water partition coefficient (Wildman–Crippen LogP) is 5.26. The second kappa shape index (κ2) is 8.52. The van der Waals surface area contributed by atoms with Gasteiger partial charge in [-0.3, -0.25) is 9.59 Å². The molecule has 0 unspecified atom stereocenters. The Balaban J connectivity index is 1.75. The van der Waals surface area contributed by atoms with Crippen molar-refractivity contribution in [2.45, 2.75) is 6.92 Å².